The smallest absolute Gasteiger partial charge is 0.335 e. The van der Waals surface area contributed by atoms with E-state index in [1.165, 1.54) is 6.08 Å². The van der Waals surface area contributed by atoms with Gasteiger partial charge in [-0.3, -0.25) is 0 Å². The first-order valence-electron chi connectivity index (χ1n) is 18.1. The van der Waals surface area contributed by atoms with Crippen LogP contribution in [0.1, 0.15) is 86.0 Å². The molecule has 2 saturated heterocycles. The van der Waals surface area contributed by atoms with Crippen LogP contribution in [0.25, 0.3) is 0 Å². The Hall–Kier alpha value is -3.08. The lowest BCUT2D eigenvalue weighted by Crippen LogP contribution is -2.55. The Kier molecular flexibility index (Phi) is 17.1. The number of aliphatic hydroxyl groups is 3. The Morgan fingerprint density at radius 1 is 1.14 bits per heavy atom. The third-order valence-electron chi connectivity index (χ3n) is 9.79. The topological polar surface area (TPSA) is 132 Å². The van der Waals surface area contributed by atoms with Gasteiger partial charge in [-0.2, -0.15) is 0 Å². The number of carbonyl (C=O) groups is 2. The van der Waals surface area contributed by atoms with E-state index in [4.69, 9.17) is 18.9 Å². The molecule has 0 saturated carbocycles. The molecule has 9 nitrogen and oxygen atoms in total. The maximum atomic E-state index is 13.0. The Morgan fingerprint density at radius 2 is 1.92 bits per heavy atom. The molecule has 3 rings (SSSR count). The van der Waals surface area contributed by atoms with Crippen LogP contribution in [0, 0.1) is 17.3 Å². The van der Waals surface area contributed by atoms with Crippen molar-refractivity contribution in [2.45, 2.75) is 129 Å². The number of hydrogen-bond acceptors (Lipinski definition) is 9. The molecule has 0 aromatic carbocycles. The number of allylic oxidation sites excluding steroid dienone is 6. The Bertz CT molecular complexity index is 1290. The van der Waals surface area contributed by atoms with Crippen LogP contribution in [0.2, 0.25) is 0 Å². The first-order valence-corrected chi connectivity index (χ1v) is 18.1. The third-order valence-corrected chi connectivity index (χ3v) is 9.79. The SMILES string of the molecule is C=C(CCC(C)C)COC(=O)[C@@H](O)C/C=C/C[C@@H]1O[C@@H]2/C=C\C/C=C/C(C)=C/[C@@H]3O[C@H](C/C=C/C=C/C(=O)O[C@H](C2)[C@@]1(C)CO)C[C@@H](O)[C@@H]3C. The van der Waals surface area contributed by atoms with Crippen molar-refractivity contribution in [2.75, 3.05) is 13.2 Å². The van der Waals surface area contributed by atoms with E-state index in [1.807, 2.05) is 57.2 Å². The van der Waals surface area contributed by atoms with Gasteiger partial charge in [0.25, 0.3) is 0 Å². The average molecular weight is 697 g/mol. The summed E-state index contributed by atoms with van der Waals surface area (Å²) in [6.07, 6.45) is 21.0. The molecule has 9 atom stereocenters. The monoisotopic (exact) mass is 696 g/mol. The quantitative estimate of drug-likeness (QED) is 0.166. The van der Waals surface area contributed by atoms with Gasteiger partial charge in [0.1, 0.15) is 12.7 Å². The van der Waals surface area contributed by atoms with Crippen molar-refractivity contribution in [1.82, 2.24) is 0 Å². The van der Waals surface area contributed by atoms with E-state index in [2.05, 4.69) is 26.5 Å². The number of esters is 2. The van der Waals surface area contributed by atoms with Gasteiger partial charge in [-0.1, -0.05) is 101 Å². The van der Waals surface area contributed by atoms with Gasteiger partial charge in [-0.25, -0.2) is 9.59 Å². The number of aliphatic hydroxyl groups excluding tert-OH is 3. The van der Waals surface area contributed by atoms with E-state index >= 15 is 0 Å². The summed E-state index contributed by atoms with van der Waals surface area (Å²) < 4.78 is 23.9. The van der Waals surface area contributed by atoms with Gasteiger partial charge in [-0.15, -0.1) is 0 Å². The lowest BCUT2D eigenvalue weighted by Gasteiger charge is -2.47. The normalized spacial score (nSPS) is 35.3. The molecule has 0 radical (unpaired) electrons. The molecule has 0 aromatic heterocycles. The second-order valence-corrected chi connectivity index (χ2v) is 14.6. The predicted molar refractivity (Wildman–Crippen MR) is 195 cm³/mol. The van der Waals surface area contributed by atoms with Gasteiger partial charge in [0.05, 0.1) is 42.5 Å². The first-order chi connectivity index (χ1) is 23.8. The lowest BCUT2D eigenvalue weighted by molar-refractivity contribution is -0.198. The van der Waals surface area contributed by atoms with Gasteiger partial charge in [0.2, 0.25) is 0 Å². The third kappa shape index (κ3) is 13.2. The highest BCUT2D eigenvalue weighted by atomic mass is 16.6. The molecule has 3 aliphatic heterocycles. The maximum absolute atomic E-state index is 13.0. The van der Waals surface area contributed by atoms with Crippen LogP contribution in [0.4, 0.5) is 0 Å². The minimum atomic E-state index is -1.31. The van der Waals surface area contributed by atoms with Crippen molar-refractivity contribution in [3.8, 4) is 0 Å². The van der Waals surface area contributed by atoms with Crippen molar-refractivity contribution < 1.29 is 43.9 Å². The molecule has 0 amide bonds. The summed E-state index contributed by atoms with van der Waals surface area (Å²) in [6.45, 7) is 13.9. The molecule has 3 aliphatic rings. The van der Waals surface area contributed by atoms with Crippen LogP contribution in [0.3, 0.4) is 0 Å². The van der Waals surface area contributed by atoms with Crippen LogP contribution < -0.4 is 0 Å². The molecule has 3 heterocycles. The first kappa shape index (κ1) is 41.3. The van der Waals surface area contributed by atoms with Crippen LogP contribution in [-0.4, -0.2) is 83.2 Å². The van der Waals surface area contributed by atoms with Crippen molar-refractivity contribution >= 4 is 11.9 Å². The molecule has 278 valence electrons. The zero-order valence-electron chi connectivity index (χ0n) is 30.6. The molecule has 0 unspecified atom stereocenters. The number of carbonyl (C=O) groups excluding carboxylic acids is 2. The molecular weight excluding hydrogens is 636 g/mol. The van der Waals surface area contributed by atoms with Crippen molar-refractivity contribution in [3.63, 3.8) is 0 Å². The van der Waals surface area contributed by atoms with Gasteiger partial charge in [0.15, 0.2) is 6.10 Å². The second kappa shape index (κ2) is 20.7. The zero-order valence-corrected chi connectivity index (χ0v) is 30.6. The number of hydrogen-bond donors (Lipinski definition) is 3. The average Bonchev–Trinajstić information content (AvgIpc) is 3.07. The number of fused-ring (bicyclic) bond motifs is 4. The van der Waals surface area contributed by atoms with E-state index in [0.717, 1.165) is 24.0 Å². The molecule has 0 spiro atoms. The molecule has 3 N–H and O–H groups in total. The van der Waals surface area contributed by atoms with E-state index in [9.17, 15) is 24.9 Å². The fourth-order valence-corrected chi connectivity index (χ4v) is 6.27. The fourth-order valence-electron chi connectivity index (χ4n) is 6.27. The van der Waals surface area contributed by atoms with Gasteiger partial charge < -0.3 is 34.3 Å². The van der Waals surface area contributed by atoms with Crippen molar-refractivity contribution in [3.05, 3.63) is 84.6 Å². The molecule has 2 fully saturated rings. The van der Waals surface area contributed by atoms with Gasteiger partial charge in [-0.05, 0) is 50.5 Å². The highest BCUT2D eigenvalue weighted by molar-refractivity contribution is 5.82. The largest absolute Gasteiger partial charge is 0.459 e. The van der Waals surface area contributed by atoms with Gasteiger partial charge in [0, 0.05) is 31.3 Å². The van der Waals surface area contributed by atoms with Crippen molar-refractivity contribution in [1.29, 1.82) is 0 Å². The van der Waals surface area contributed by atoms with E-state index < -0.39 is 41.8 Å². The number of rotatable bonds is 11. The molecule has 50 heavy (non-hydrogen) atoms. The Balaban J connectivity index is 1.71. The van der Waals surface area contributed by atoms with E-state index in [1.54, 1.807) is 18.2 Å². The zero-order chi connectivity index (χ0) is 36.7. The van der Waals surface area contributed by atoms with Gasteiger partial charge >= 0.3 is 11.9 Å². The molecule has 4 bridgehead atoms. The van der Waals surface area contributed by atoms with Crippen LogP contribution in [0.5, 0.6) is 0 Å². The van der Waals surface area contributed by atoms with Crippen LogP contribution >= 0.6 is 0 Å². The molecule has 0 aliphatic carbocycles. The molecular formula is C41H60O9. The summed E-state index contributed by atoms with van der Waals surface area (Å²) in [5, 5.41) is 31.6. The minimum absolute atomic E-state index is 0.0218. The maximum Gasteiger partial charge on any atom is 0.335 e. The van der Waals surface area contributed by atoms with E-state index in [0.29, 0.717) is 38.0 Å². The molecule has 9 heteroatoms. The Labute approximate surface area is 299 Å². The van der Waals surface area contributed by atoms with Crippen molar-refractivity contribution in [2.24, 2.45) is 17.3 Å². The molecule has 0 aromatic rings. The second-order valence-electron chi connectivity index (χ2n) is 14.6. The summed E-state index contributed by atoms with van der Waals surface area (Å²) in [7, 11) is 0. The summed E-state index contributed by atoms with van der Waals surface area (Å²) >= 11 is 0. The highest BCUT2D eigenvalue weighted by Crippen LogP contribution is 2.41. The fraction of sp³-hybridized carbons (Fsp3) is 0.610. The summed E-state index contributed by atoms with van der Waals surface area (Å²) in [4.78, 5) is 25.3. The lowest BCUT2D eigenvalue weighted by atomic mass is 9.73. The number of ether oxygens (including phenoxy) is 4. The standard InChI is InChI=1S/C41H60O9/c1-28(2)21-22-30(4)26-47-40(46)34(43)18-13-14-19-37-41(6,27-42)38-25-33(49-37)17-10-7-9-15-29(3)23-36-31(5)35(44)24-32(48-36)16-11-8-12-20-39(45)50-38/h8-15,17,20,23,28,31-38,42-44H,4,7,16,18-19,21-22,24-27H2,1-3,5-6H3/b11-8+,14-13+,15-9+,17-10-,20-12+,29-23+/t31-,32+,33+,34-,35+,36-,37-,38+,41-/m0/s1. The van der Waals surface area contributed by atoms with Crippen LogP contribution in [0.15, 0.2) is 84.6 Å². The summed E-state index contributed by atoms with van der Waals surface area (Å²) in [5.41, 5.74) is 0.954. The van der Waals surface area contributed by atoms with Crippen LogP contribution in [-0.2, 0) is 28.5 Å². The Morgan fingerprint density at radius 3 is 2.66 bits per heavy atom. The summed E-state index contributed by atoms with van der Waals surface area (Å²) in [5.74, 6) is -0.720. The predicted octanol–water partition coefficient (Wildman–Crippen LogP) is 6.41. The summed E-state index contributed by atoms with van der Waals surface area (Å²) in [6, 6.07) is 0. The highest BCUT2D eigenvalue weighted by Gasteiger charge is 2.49. The minimum Gasteiger partial charge on any atom is -0.459 e. The van der Waals surface area contributed by atoms with E-state index in [-0.39, 0.29) is 43.9 Å².